The van der Waals surface area contributed by atoms with Gasteiger partial charge in [0.05, 0.1) is 19.8 Å². The maximum atomic E-state index is 5.26. The summed E-state index contributed by atoms with van der Waals surface area (Å²) in [6.07, 6.45) is 1.10. The zero-order valence-electron chi connectivity index (χ0n) is 11.8. The molecule has 0 spiro atoms. The molecule has 104 valence electrons. The normalized spacial score (nSPS) is 17.6. The average Bonchev–Trinajstić information content (AvgIpc) is 2.37. The number of thioether (sulfide) groups is 1. The van der Waals surface area contributed by atoms with E-state index in [9.17, 15) is 0 Å². The molecule has 1 aliphatic rings. The molecule has 2 rings (SSSR count). The topological polar surface area (TPSA) is 42.8 Å². The highest BCUT2D eigenvalue weighted by atomic mass is 32.2. The van der Waals surface area contributed by atoms with E-state index in [4.69, 9.17) is 14.5 Å². The number of nitrogens with one attached hydrogen (secondary N) is 1. The molecule has 0 aliphatic carbocycles. The summed E-state index contributed by atoms with van der Waals surface area (Å²) in [5.41, 5.74) is 0.941. The number of rotatable bonds is 3. The third-order valence-electron chi connectivity index (χ3n) is 2.96. The lowest BCUT2D eigenvalue weighted by atomic mass is 10.0. The molecule has 0 fully saturated rings. The first kappa shape index (κ1) is 14.1. The quantitative estimate of drug-likeness (QED) is 0.921. The summed E-state index contributed by atoms with van der Waals surface area (Å²) < 4.78 is 10.5. The molecule has 0 amide bonds. The predicted octanol–water partition coefficient (Wildman–Crippen LogP) is 3.39. The van der Waals surface area contributed by atoms with Crippen molar-refractivity contribution in [2.75, 3.05) is 25.3 Å². The van der Waals surface area contributed by atoms with Gasteiger partial charge in [-0.25, -0.2) is 0 Å². The Labute approximate surface area is 118 Å². The fourth-order valence-electron chi connectivity index (χ4n) is 1.83. The van der Waals surface area contributed by atoms with Gasteiger partial charge in [0.25, 0.3) is 0 Å². The van der Waals surface area contributed by atoms with Crippen molar-refractivity contribution in [3.05, 3.63) is 18.2 Å². The second-order valence-electron chi connectivity index (χ2n) is 5.05. The van der Waals surface area contributed by atoms with Crippen LogP contribution in [0.1, 0.15) is 20.3 Å². The van der Waals surface area contributed by atoms with Crippen molar-refractivity contribution in [1.82, 2.24) is 0 Å². The fourth-order valence-corrected chi connectivity index (χ4v) is 3.12. The van der Waals surface area contributed by atoms with Gasteiger partial charge < -0.3 is 14.8 Å². The Morgan fingerprint density at radius 1 is 1.16 bits per heavy atom. The molecule has 1 aromatic rings. The Hall–Kier alpha value is -1.36. The first-order chi connectivity index (χ1) is 9.02. The Balaban J connectivity index is 2.21. The number of nitrogens with zero attached hydrogens (tertiary/aromatic N) is 1. The molecule has 0 aromatic heterocycles. The summed E-state index contributed by atoms with van der Waals surface area (Å²) in [6.45, 7) is 4.31. The minimum atomic E-state index is 0.0105. The van der Waals surface area contributed by atoms with Crippen LogP contribution in [0, 0.1) is 0 Å². The van der Waals surface area contributed by atoms with Gasteiger partial charge in [-0.3, -0.25) is 4.99 Å². The van der Waals surface area contributed by atoms with Crippen molar-refractivity contribution in [2.45, 2.75) is 25.8 Å². The molecule has 0 saturated carbocycles. The van der Waals surface area contributed by atoms with Gasteiger partial charge in [0.2, 0.25) is 0 Å². The number of anilines is 1. The highest BCUT2D eigenvalue weighted by Crippen LogP contribution is 2.30. The van der Waals surface area contributed by atoms with Crippen LogP contribution in [0.25, 0.3) is 0 Å². The lowest BCUT2D eigenvalue weighted by Gasteiger charge is -2.26. The predicted molar refractivity (Wildman–Crippen MR) is 81.8 cm³/mol. The van der Waals surface area contributed by atoms with Gasteiger partial charge in [-0.05, 0) is 20.3 Å². The van der Waals surface area contributed by atoms with E-state index in [0.29, 0.717) is 0 Å². The Bertz CT molecular complexity index is 464. The molecule has 1 N–H and O–H groups in total. The average molecular weight is 280 g/mol. The van der Waals surface area contributed by atoms with Crippen LogP contribution in [0.2, 0.25) is 0 Å². The molecule has 0 atom stereocenters. The summed E-state index contributed by atoms with van der Waals surface area (Å²) in [6, 6.07) is 5.73. The number of methoxy groups -OCH3 is 2. The summed E-state index contributed by atoms with van der Waals surface area (Å²) >= 11 is 1.74. The first-order valence-electron chi connectivity index (χ1n) is 6.25. The number of benzene rings is 1. The van der Waals surface area contributed by atoms with Crippen molar-refractivity contribution in [3.8, 4) is 11.5 Å². The van der Waals surface area contributed by atoms with E-state index in [2.05, 4.69) is 19.2 Å². The van der Waals surface area contributed by atoms with Crippen molar-refractivity contribution >= 4 is 22.6 Å². The standard InChI is InChI=1S/C14H20N2O2S/c1-14(2)5-6-19-13(16-14)15-10-7-11(17-3)9-12(8-10)18-4/h7-9H,5-6H2,1-4H3,(H,15,16). The van der Waals surface area contributed by atoms with E-state index in [1.165, 1.54) is 0 Å². The minimum absolute atomic E-state index is 0.0105. The van der Waals surface area contributed by atoms with E-state index in [1.54, 1.807) is 26.0 Å². The fraction of sp³-hybridized carbons (Fsp3) is 0.500. The number of amidine groups is 1. The third-order valence-corrected chi connectivity index (χ3v) is 3.83. The SMILES string of the molecule is COc1cc(NC2=NC(C)(C)CCS2)cc(OC)c1. The van der Waals surface area contributed by atoms with Crippen LogP contribution in [0.15, 0.2) is 23.2 Å². The highest BCUT2D eigenvalue weighted by Gasteiger charge is 2.22. The molecule has 0 unspecified atom stereocenters. The van der Waals surface area contributed by atoms with E-state index in [0.717, 1.165) is 34.5 Å². The Morgan fingerprint density at radius 2 is 1.79 bits per heavy atom. The van der Waals surface area contributed by atoms with Crippen molar-refractivity contribution in [2.24, 2.45) is 4.99 Å². The van der Waals surface area contributed by atoms with Crippen LogP contribution in [-0.4, -0.2) is 30.7 Å². The monoisotopic (exact) mass is 280 g/mol. The lowest BCUT2D eigenvalue weighted by molar-refractivity contribution is 0.395. The van der Waals surface area contributed by atoms with Crippen LogP contribution >= 0.6 is 11.8 Å². The van der Waals surface area contributed by atoms with Crippen molar-refractivity contribution in [1.29, 1.82) is 0 Å². The molecule has 19 heavy (non-hydrogen) atoms. The zero-order chi connectivity index (χ0) is 13.9. The van der Waals surface area contributed by atoms with E-state index in [1.807, 2.05) is 18.2 Å². The molecule has 0 radical (unpaired) electrons. The third kappa shape index (κ3) is 3.80. The second-order valence-corrected chi connectivity index (χ2v) is 6.14. The summed E-state index contributed by atoms with van der Waals surface area (Å²) in [5.74, 6) is 2.62. The number of ether oxygens (including phenoxy) is 2. The number of aliphatic imine (C=N–C) groups is 1. The largest absolute Gasteiger partial charge is 0.497 e. The van der Waals surface area contributed by atoms with Gasteiger partial charge in [-0.1, -0.05) is 11.8 Å². The van der Waals surface area contributed by atoms with Gasteiger partial charge in [0.1, 0.15) is 11.5 Å². The van der Waals surface area contributed by atoms with Crippen molar-refractivity contribution in [3.63, 3.8) is 0 Å². The Morgan fingerprint density at radius 3 is 2.32 bits per heavy atom. The molecule has 1 heterocycles. The smallest absolute Gasteiger partial charge is 0.161 e. The summed E-state index contributed by atoms with van der Waals surface area (Å²) in [5, 5.41) is 4.29. The maximum absolute atomic E-state index is 5.26. The van der Waals surface area contributed by atoms with Gasteiger partial charge >= 0.3 is 0 Å². The van der Waals surface area contributed by atoms with Gasteiger partial charge in [0, 0.05) is 29.6 Å². The molecule has 0 saturated heterocycles. The molecule has 0 bridgehead atoms. The minimum Gasteiger partial charge on any atom is -0.497 e. The second kappa shape index (κ2) is 5.74. The molecule has 1 aliphatic heterocycles. The zero-order valence-corrected chi connectivity index (χ0v) is 12.6. The highest BCUT2D eigenvalue weighted by molar-refractivity contribution is 8.14. The van der Waals surface area contributed by atoms with Crippen LogP contribution in [-0.2, 0) is 0 Å². The first-order valence-corrected chi connectivity index (χ1v) is 7.24. The molecule has 4 nitrogen and oxygen atoms in total. The molecular weight excluding hydrogens is 260 g/mol. The molecule has 1 aromatic carbocycles. The van der Waals surface area contributed by atoms with E-state index < -0.39 is 0 Å². The van der Waals surface area contributed by atoms with Crippen LogP contribution in [0.5, 0.6) is 11.5 Å². The van der Waals surface area contributed by atoms with Crippen molar-refractivity contribution < 1.29 is 9.47 Å². The number of hydrogen-bond donors (Lipinski definition) is 1. The van der Waals surface area contributed by atoms with Gasteiger partial charge in [0.15, 0.2) is 5.17 Å². The maximum Gasteiger partial charge on any atom is 0.161 e. The van der Waals surface area contributed by atoms with Gasteiger partial charge in [-0.15, -0.1) is 0 Å². The van der Waals surface area contributed by atoms with Crippen LogP contribution in [0.4, 0.5) is 5.69 Å². The van der Waals surface area contributed by atoms with Gasteiger partial charge in [-0.2, -0.15) is 0 Å². The number of hydrogen-bond acceptors (Lipinski definition) is 5. The molecular formula is C14H20N2O2S. The van der Waals surface area contributed by atoms with Crippen LogP contribution < -0.4 is 14.8 Å². The molecule has 5 heteroatoms. The van der Waals surface area contributed by atoms with E-state index in [-0.39, 0.29) is 5.54 Å². The summed E-state index contributed by atoms with van der Waals surface area (Å²) in [7, 11) is 3.29. The van der Waals surface area contributed by atoms with Crippen LogP contribution in [0.3, 0.4) is 0 Å². The lowest BCUT2D eigenvalue weighted by Crippen LogP contribution is -2.27. The Kier molecular flexibility index (Phi) is 4.24. The van der Waals surface area contributed by atoms with E-state index >= 15 is 0 Å². The summed E-state index contributed by atoms with van der Waals surface area (Å²) in [4.78, 5) is 4.71.